The average Bonchev–Trinajstić information content (AvgIpc) is 3.45. The first-order chi connectivity index (χ1) is 22.4. The van der Waals surface area contributed by atoms with E-state index in [9.17, 15) is 14.4 Å². The van der Waals surface area contributed by atoms with Crippen molar-refractivity contribution in [2.75, 3.05) is 25.5 Å². The van der Waals surface area contributed by atoms with E-state index >= 15 is 0 Å². The SMILES string of the molecule is CN(CCN1C(=O)C2C=CC(OC1C(=O)NC1CCCCC1)C2C(=O)Nc1ccc(Oc2ccccc2)cc1)Cc1ccccc1. The van der Waals surface area contributed by atoms with Gasteiger partial charge in [-0.15, -0.1) is 0 Å². The quantitative estimate of drug-likeness (QED) is 0.280. The van der Waals surface area contributed by atoms with E-state index < -0.39 is 24.2 Å². The van der Waals surface area contributed by atoms with Gasteiger partial charge in [-0.2, -0.15) is 0 Å². The van der Waals surface area contributed by atoms with Crippen molar-refractivity contribution in [1.82, 2.24) is 15.1 Å². The van der Waals surface area contributed by atoms with Gasteiger partial charge in [0.05, 0.1) is 17.9 Å². The first-order valence-corrected chi connectivity index (χ1v) is 16.3. The summed E-state index contributed by atoms with van der Waals surface area (Å²) in [5.74, 6) is -1.12. The van der Waals surface area contributed by atoms with Crippen LogP contribution < -0.4 is 15.4 Å². The molecule has 0 aromatic heterocycles. The summed E-state index contributed by atoms with van der Waals surface area (Å²) in [6, 6.07) is 26.7. The number of nitrogens with zero attached hydrogens (tertiary/aromatic N) is 2. The minimum Gasteiger partial charge on any atom is -0.457 e. The van der Waals surface area contributed by atoms with Crippen LogP contribution in [0.3, 0.4) is 0 Å². The van der Waals surface area contributed by atoms with Crippen molar-refractivity contribution in [3.63, 3.8) is 0 Å². The van der Waals surface area contributed by atoms with Crippen LogP contribution in [0.1, 0.15) is 37.7 Å². The first kappa shape index (κ1) is 31.5. The molecule has 4 atom stereocenters. The second-order valence-corrected chi connectivity index (χ2v) is 12.4. The molecule has 4 unspecified atom stereocenters. The normalized spacial score (nSPS) is 22.8. The molecule has 0 spiro atoms. The Hall–Kier alpha value is -4.47. The Bertz CT molecular complexity index is 1510. The molecule has 6 rings (SSSR count). The lowest BCUT2D eigenvalue weighted by Crippen LogP contribution is -2.55. The summed E-state index contributed by atoms with van der Waals surface area (Å²) in [5.41, 5.74) is 1.74. The number of hydrogen-bond acceptors (Lipinski definition) is 6. The molecular weight excluding hydrogens is 580 g/mol. The zero-order chi connectivity index (χ0) is 31.9. The van der Waals surface area contributed by atoms with Crippen LogP contribution in [0.15, 0.2) is 97.1 Å². The van der Waals surface area contributed by atoms with Crippen LogP contribution in [0.2, 0.25) is 0 Å². The van der Waals surface area contributed by atoms with Crippen molar-refractivity contribution in [3.8, 4) is 11.5 Å². The van der Waals surface area contributed by atoms with Gasteiger partial charge < -0.3 is 29.9 Å². The van der Waals surface area contributed by atoms with E-state index in [0.29, 0.717) is 36.8 Å². The summed E-state index contributed by atoms with van der Waals surface area (Å²) in [7, 11) is 1.99. The molecule has 2 aliphatic carbocycles. The highest BCUT2D eigenvalue weighted by molar-refractivity contribution is 5.99. The zero-order valence-electron chi connectivity index (χ0n) is 26.2. The highest BCUT2D eigenvalue weighted by Gasteiger charge is 2.50. The summed E-state index contributed by atoms with van der Waals surface area (Å²) in [6.07, 6.45) is 6.80. The van der Waals surface area contributed by atoms with Crippen LogP contribution in [-0.4, -0.2) is 66.0 Å². The molecule has 2 fully saturated rings. The molecule has 9 nitrogen and oxygen atoms in total. The summed E-state index contributed by atoms with van der Waals surface area (Å²) in [6.45, 7) is 1.53. The molecule has 2 N–H and O–H groups in total. The standard InChI is InChI=1S/C37H42N4O5/c1-40(25-26-11-5-2-6-12-26)23-24-41-36(44)31-21-22-32(46-37(41)35(43)39-27-13-7-3-8-14-27)33(31)34(42)38-28-17-19-30(20-18-28)45-29-15-9-4-10-16-29/h2,4-6,9-12,15-22,27,31-33,37H,3,7-8,13-14,23-25H2,1H3,(H,38,42)(H,39,43). The number of fused-ring (bicyclic) bond motifs is 2. The fourth-order valence-corrected chi connectivity index (χ4v) is 6.54. The number of para-hydroxylation sites is 1. The van der Waals surface area contributed by atoms with Gasteiger partial charge in [0.15, 0.2) is 0 Å². The van der Waals surface area contributed by atoms with Crippen molar-refractivity contribution >= 4 is 23.4 Å². The van der Waals surface area contributed by atoms with E-state index in [4.69, 9.17) is 9.47 Å². The molecule has 46 heavy (non-hydrogen) atoms. The van der Waals surface area contributed by atoms with Gasteiger partial charge in [0.25, 0.3) is 5.91 Å². The van der Waals surface area contributed by atoms with E-state index in [1.807, 2.05) is 55.6 Å². The summed E-state index contributed by atoms with van der Waals surface area (Å²) >= 11 is 0. The Labute approximate surface area is 270 Å². The van der Waals surface area contributed by atoms with Crippen LogP contribution in [0.25, 0.3) is 0 Å². The minimum absolute atomic E-state index is 0.0616. The van der Waals surface area contributed by atoms with Crippen molar-refractivity contribution in [2.45, 2.75) is 57.0 Å². The summed E-state index contributed by atoms with van der Waals surface area (Å²) in [4.78, 5) is 45.3. The number of carbonyl (C=O) groups excluding carboxylic acids is 3. The van der Waals surface area contributed by atoms with Gasteiger partial charge in [-0.1, -0.05) is 79.9 Å². The molecule has 3 aromatic rings. The molecule has 1 heterocycles. The Morgan fingerprint density at radius 1 is 0.870 bits per heavy atom. The minimum atomic E-state index is -1.12. The van der Waals surface area contributed by atoms with Crippen molar-refractivity contribution in [3.05, 3.63) is 103 Å². The molecule has 3 amide bonds. The number of anilines is 1. The van der Waals surface area contributed by atoms with Crippen LogP contribution >= 0.6 is 0 Å². The van der Waals surface area contributed by atoms with Crippen LogP contribution in [-0.2, 0) is 25.7 Å². The highest BCUT2D eigenvalue weighted by atomic mass is 16.5. The van der Waals surface area contributed by atoms with Crippen molar-refractivity contribution in [2.24, 2.45) is 11.8 Å². The zero-order valence-corrected chi connectivity index (χ0v) is 26.2. The summed E-state index contributed by atoms with van der Waals surface area (Å²) in [5, 5.41) is 6.11. The third-order valence-corrected chi connectivity index (χ3v) is 8.98. The van der Waals surface area contributed by atoms with Gasteiger partial charge >= 0.3 is 0 Å². The molecule has 1 aliphatic heterocycles. The van der Waals surface area contributed by atoms with Crippen LogP contribution in [0.4, 0.5) is 5.69 Å². The maximum atomic E-state index is 14.2. The lowest BCUT2D eigenvalue weighted by atomic mass is 9.92. The third kappa shape index (κ3) is 7.66. The largest absolute Gasteiger partial charge is 0.457 e. The maximum Gasteiger partial charge on any atom is 0.270 e. The summed E-state index contributed by atoms with van der Waals surface area (Å²) < 4.78 is 12.3. The molecule has 240 valence electrons. The monoisotopic (exact) mass is 622 g/mol. The van der Waals surface area contributed by atoms with Crippen LogP contribution in [0.5, 0.6) is 11.5 Å². The number of carbonyl (C=O) groups is 3. The molecule has 0 radical (unpaired) electrons. The van der Waals surface area contributed by atoms with Crippen molar-refractivity contribution < 1.29 is 23.9 Å². The molecule has 3 aliphatic rings. The second kappa shape index (κ2) is 14.7. The maximum absolute atomic E-state index is 14.2. The topological polar surface area (TPSA) is 100 Å². The number of rotatable bonds is 11. The Balaban J connectivity index is 1.16. The van der Waals surface area contributed by atoms with E-state index in [-0.39, 0.29) is 23.8 Å². The van der Waals surface area contributed by atoms with E-state index in [1.165, 1.54) is 11.3 Å². The lowest BCUT2D eigenvalue weighted by molar-refractivity contribution is -0.161. The molecule has 3 aromatic carbocycles. The second-order valence-electron chi connectivity index (χ2n) is 12.4. The molecular formula is C37H42N4O5. The molecule has 1 saturated heterocycles. The highest BCUT2D eigenvalue weighted by Crippen LogP contribution is 2.36. The Kier molecular flexibility index (Phi) is 10.1. The number of nitrogens with one attached hydrogen (secondary N) is 2. The van der Waals surface area contributed by atoms with E-state index in [1.54, 1.807) is 36.4 Å². The Morgan fingerprint density at radius 2 is 1.54 bits per heavy atom. The number of amides is 3. The number of benzene rings is 3. The number of ether oxygens (including phenoxy) is 2. The Morgan fingerprint density at radius 3 is 2.26 bits per heavy atom. The fraction of sp³-hybridized carbons (Fsp3) is 0.378. The number of hydrogen-bond donors (Lipinski definition) is 2. The lowest BCUT2D eigenvalue weighted by Gasteiger charge is -2.34. The average molecular weight is 623 g/mol. The van der Waals surface area contributed by atoms with Gasteiger partial charge in [0.2, 0.25) is 18.0 Å². The van der Waals surface area contributed by atoms with Gasteiger partial charge in [-0.3, -0.25) is 14.4 Å². The predicted octanol–water partition coefficient (Wildman–Crippen LogP) is 5.35. The van der Waals surface area contributed by atoms with Gasteiger partial charge in [-0.25, -0.2) is 0 Å². The van der Waals surface area contributed by atoms with E-state index in [0.717, 1.165) is 31.2 Å². The third-order valence-electron chi connectivity index (χ3n) is 8.98. The van der Waals surface area contributed by atoms with E-state index in [2.05, 4.69) is 27.7 Å². The van der Waals surface area contributed by atoms with Gasteiger partial charge in [-0.05, 0) is 61.9 Å². The molecule has 2 bridgehead atoms. The smallest absolute Gasteiger partial charge is 0.270 e. The van der Waals surface area contributed by atoms with Crippen LogP contribution in [0, 0.1) is 11.8 Å². The van der Waals surface area contributed by atoms with Gasteiger partial charge in [0, 0.05) is 31.4 Å². The predicted molar refractivity (Wildman–Crippen MR) is 176 cm³/mol. The van der Waals surface area contributed by atoms with Crippen molar-refractivity contribution in [1.29, 1.82) is 0 Å². The molecule has 1 saturated carbocycles. The van der Waals surface area contributed by atoms with Gasteiger partial charge in [0.1, 0.15) is 11.5 Å². The fourth-order valence-electron chi connectivity index (χ4n) is 6.54. The molecule has 9 heteroatoms. The first-order valence-electron chi connectivity index (χ1n) is 16.3. The number of likely N-dealkylation sites (N-methyl/N-ethyl adjacent to an activating group) is 1.